The lowest BCUT2D eigenvalue weighted by atomic mass is 9.96. The van der Waals surface area contributed by atoms with E-state index in [1.54, 1.807) is 19.1 Å². The fourth-order valence-corrected chi connectivity index (χ4v) is 8.65. The fraction of sp³-hybridized carbons (Fsp3) is 0.417. The van der Waals surface area contributed by atoms with Crippen LogP contribution < -0.4 is 0 Å². The van der Waals surface area contributed by atoms with Crippen LogP contribution in [0.25, 0.3) is 5.57 Å². The molecule has 0 N–H and O–H groups in total. The monoisotopic (exact) mass is 598 g/mol. The highest BCUT2D eigenvalue weighted by molar-refractivity contribution is 7.92. The van der Waals surface area contributed by atoms with Gasteiger partial charge in [0, 0.05) is 12.8 Å². The van der Waals surface area contributed by atoms with Crippen molar-refractivity contribution in [3.05, 3.63) is 107 Å². The van der Waals surface area contributed by atoms with Crippen LogP contribution >= 0.6 is 0 Å². The van der Waals surface area contributed by atoms with E-state index in [9.17, 15) is 13.2 Å². The van der Waals surface area contributed by atoms with E-state index in [0.717, 1.165) is 48.8 Å². The first kappa shape index (κ1) is 28.5. The molecule has 7 heteroatoms. The second-order valence-corrected chi connectivity index (χ2v) is 14.6. The fourth-order valence-electron chi connectivity index (χ4n) is 6.72. The molecule has 43 heavy (non-hydrogen) atoms. The van der Waals surface area contributed by atoms with Crippen molar-refractivity contribution in [1.29, 1.82) is 0 Å². The number of rotatable bonds is 9. The Morgan fingerprint density at radius 1 is 0.884 bits per heavy atom. The Hall–Kier alpha value is -3.26. The largest absolute Gasteiger partial charge is 0.462 e. The molecule has 0 amide bonds. The van der Waals surface area contributed by atoms with Crippen LogP contribution in [-0.4, -0.2) is 32.0 Å². The highest BCUT2D eigenvalue weighted by Crippen LogP contribution is 2.55. The van der Waals surface area contributed by atoms with Crippen molar-refractivity contribution in [1.82, 2.24) is 0 Å². The summed E-state index contributed by atoms with van der Waals surface area (Å²) in [5.41, 5.74) is 4.20. The smallest absolute Gasteiger partial charge is 0.338 e. The van der Waals surface area contributed by atoms with Crippen molar-refractivity contribution in [2.45, 2.75) is 85.9 Å². The first-order chi connectivity index (χ1) is 20.9. The molecule has 224 valence electrons. The second-order valence-electron chi connectivity index (χ2n) is 12.4. The van der Waals surface area contributed by atoms with Crippen molar-refractivity contribution in [3.8, 4) is 0 Å². The van der Waals surface area contributed by atoms with Crippen molar-refractivity contribution in [3.63, 3.8) is 0 Å². The first-order valence-corrected chi connectivity index (χ1v) is 17.1. The molecule has 1 heterocycles. The molecule has 7 rings (SSSR count). The Kier molecular flexibility index (Phi) is 7.52. The number of benzene rings is 3. The summed E-state index contributed by atoms with van der Waals surface area (Å²) in [6, 6.07) is 25.9. The summed E-state index contributed by atoms with van der Waals surface area (Å²) < 4.78 is 45.5. The first-order valence-electron chi connectivity index (χ1n) is 15.6. The number of allylic oxidation sites excluding steroid dienone is 1. The number of ether oxygens (including phenoxy) is 3. The lowest BCUT2D eigenvalue weighted by Gasteiger charge is -2.23. The summed E-state index contributed by atoms with van der Waals surface area (Å²) in [4.78, 5) is 13.8. The summed E-state index contributed by atoms with van der Waals surface area (Å²) in [6.45, 7) is 2.06. The van der Waals surface area contributed by atoms with Gasteiger partial charge in [-0.3, -0.25) is 0 Å². The molecule has 0 radical (unpaired) electrons. The second kappa shape index (κ2) is 11.3. The molecule has 3 saturated carbocycles. The van der Waals surface area contributed by atoms with Crippen molar-refractivity contribution >= 4 is 21.4 Å². The van der Waals surface area contributed by atoms with Gasteiger partial charge >= 0.3 is 5.97 Å². The molecular formula is C36H38O6S. The molecule has 6 nitrogen and oxygen atoms in total. The van der Waals surface area contributed by atoms with Gasteiger partial charge in [0.25, 0.3) is 0 Å². The maximum absolute atomic E-state index is 13.3. The molecule has 0 bridgehead atoms. The van der Waals surface area contributed by atoms with Gasteiger partial charge in [0.1, 0.15) is 12.2 Å². The molecule has 4 aliphatic rings. The van der Waals surface area contributed by atoms with Gasteiger partial charge in [0.2, 0.25) is 0 Å². The molecule has 3 aliphatic carbocycles. The highest BCUT2D eigenvalue weighted by Gasteiger charge is 2.52. The number of esters is 1. The Morgan fingerprint density at radius 3 is 2.07 bits per heavy atom. The predicted octanol–water partition coefficient (Wildman–Crippen LogP) is 7.47. The van der Waals surface area contributed by atoms with Gasteiger partial charge in [-0.2, -0.15) is 0 Å². The van der Waals surface area contributed by atoms with Crippen LogP contribution in [0.1, 0.15) is 92.2 Å². The zero-order valence-corrected chi connectivity index (χ0v) is 25.3. The van der Waals surface area contributed by atoms with Gasteiger partial charge in [0.05, 0.1) is 22.3 Å². The SMILES string of the molecule is CCOC(=O)C(=C[C@@H]1CCC2(C1)O[C@@H](c1ccccc1)[C@H](c1ccccc1)O2)c1ccc(S(=O)(=O)C2CC2)c(C2CC2)c1. The van der Waals surface area contributed by atoms with Crippen LogP contribution in [0.3, 0.4) is 0 Å². The van der Waals surface area contributed by atoms with E-state index in [0.29, 0.717) is 28.9 Å². The van der Waals surface area contributed by atoms with Crippen molar-refractivity contribution in [2.24, 2.45) is 5.92 Å². The Balaban J connectivity index is 1.19. The summed E-state index contributed by atoms with van der Waals surface area (Å²) in [5.74, 6) is -0.888. The van der Waals surface area contributed by atoms with Crippen LogP contribution in [0, 0.1) is 5.92 Å². The molecule has 1 spiro atoms. The number of hydrogen-bond acceptors (Lipinski definition) is 6. The van der Waals surface area contributed by atoms with E-state index in [2.05, 4.69) is 24.3 Å². The minimum atomic E-state index is -3.34. The van der Waals surface area contributed by atoms with Gasteiger partial charge in [-0.15, -0.1) is 0 Å². The third kappa shape index (κ3) is 5.70. The van der Waals surface area contributed by atoms with Crippen molar-refractivity contribution < 1.29 is 27.4 Å². The van der Waals surface area contributed by atoms with Crippen LogP contribution in [0.4, 0.5) is 0 Å². The maximum atomic E-state index is 13.3. The zero-order chi connectivity index (χ0) is 29.6. The van der Waals surface area contributed by atoms with Crippen LogP contribution in [0.2, 0.25) is 0 Å². The van der Waals surface area contributed by atoms with Gasteiger partial charge < -0.3 is 14.2 Å². The van der Waals surface area contributed by atoms with Crippen LogP contribution in [0.15, 0.2) is 89.8 Å². The maximum Gasteiger partial charge on any atom is 0.338 e. The summed E-state index contributed by atoms with van der Waals surface area (Å²) in [6.07, 6.45) is 7.06. The lowest BCUT2D eigenvalue weighted by Crippen LogP contribution is -2.26. The molecule has 3 aromatic rings. The molecule has 1 saturated heterocycles. The van der Waals surface area contributed by atoms with E-state index in [1.807, 2.05) is 48.5 Å². The third-order valence-electron chi connectivity index (χ3n) is 9.19. The predicted molar refractivity (Wildman–Crippen MR) is 164 cm³/mol. The summed E-state index contributed by atoms with van der Waals surface area (Å²) in [5, 5.41) is -0.267. The van der Waals surface area contributed by atoms with Gasteiger partial charge in [-0.25, -0.2) is 13.2 Å². The zero-order valence-electron chi connectivity index (χ0n) is 24.5. The minimum absolute atomic E-state index is 0.0320. The average Bonchev–Trinajstić information content (AvgIpc) is 3.97. The molecule has 0 aromatic heterocycles. The molecule has 0 unspecified atom stereocenters. The van der Waals surface area contributed by atoms with Crippen LogP contribution in [-0.2, 0) is 28.8 Å². The van der Waals surface area contributed by atoms with E-state index in [1.165, 1.54) is 0 Å². The lowest BCUT2D eigenvalue weighted by molar-refractivity contribution is -0.172. The third-order valence-corrected chi connectivity index (χ3v) is 11.5. The van der Waals surface area contributed by atoms with E-state index >= 15 is 0 Å². The summed E-state index contributed by atoms with van der Waals surface area (Å²) in [7, 11) is -3.34. The van der Waals surface area contributed by atoms with Gasteiger partial charge in [-0.1, -0.05) is 72.8 Å². The van der Waals surface area contributed by atoms with E-state index in [-0.39, 0.29) is 41.9 Å². The van der Waals surface area contributed by atoms with Gasteiger partial charge in [0.15, 0.2) is 15.6 Å². The van der Waals surface area contributed by atoms with E-state index < -0.39 is 15.6 Å². The molecule has 3 aromatic carbocycles. The summed E-state index contributed by atoms with van der Waals surface area (Å²) >= 11 is 0. The molecule has 1 aliphatic heterocycles. The Bertz CT molecular complexity index is 1580. The standard InChI is InChI=1S/C36H38O6S/c1-2-40-35(37)31(28-15-18-32(30(22-28)25-13-14-25)43(38,39)29-16-17-29)21-24-19-20-36(23-24)41-33(26-9-5-3-6-10-26)34(42-36)27-11-7-4-8-12-27/h3-12,15,18,21-22,24-25,29,33-34H,2,13-14,16-17,19-20,23H2,1H3/t24-,33-,34-/m0/s1. The number of carbonyl (C=O) groups is 1. The number of carbonyl (C=O) groups excluding carboxylic acids is 1. The Labute approximate surface area is 254 Å². The van der Waals surface area contributed by atoms with E-state index in [4.69, 9.17) is 14.2 Å². The quantitative estimate of drug-likeness (QED) is 0.188. The molecule has 4 fully saturated rings. The normalized spacial score (nSPS) is 25.2. The minimum Gasteiger partial charge on any atom is -0.462 e. The number of hydrogen-bond donors (Lipinski definition) is 0. The molecule has 3 atom stereocenters. The molecular weight excluding hydrogens is 560 g/mol. The topological polar surface area (TPSA) is 78.9 Å². The van der Waals surface area contributed by atoms with Gasteiger partial charge in [-0.05, 0) is 85.3 Å². The highest BCUT2D eigenvalue weighted by atomic mass is 32.2. The average molecular weight is 599 g/mol. The van der Waals surface area contributed by atoms with Crippen molar-refractivity contribution in [2.75, 3.05) is 6.61 Å². The Morgan fingerprint density at radius 2 is 1.51 bits per heavy atom. The van der Waals surface area contributed by atoms with Crippen LogP contribution in [0.5, 0.6) is 0 Å². The number of sulfone groups is 1.